The van der Waals surface area contributed by atoms with Crippen LogP contribution in [0.4, 0.5) is 0 Å². The van der Waals surface area contributed by atoms with Gasteiger partial charge in [0.1, 0.15) is 13.2 Å². The van der Waals surface area contributed by atoms with E-state index < -0.39 is 6.10 Å². The molecule has 0 saturated heterocycles. The van der Waals surface area contributed by atoms with Crippen molar-refractivity contribution >= 4 is 17.9 Å². The topological polar surface area (TPSA) is 78.9 Å². The zero-order valence-corrected chi connectivity index (χ0v) is 44.2. The van der Waals surface area contributed by atoms with Crippen molar-refractivity contribution < 1.29 is 28.6 Å². The highest BCUT2D eigenvalue weighted by molar-refractivity contribution is 5.71. The van der Waals surface area contributed by atoms with Gasteiger partial charge < -0.3 is 14.2 Å². The van der Waals surface area contributed by atoms with Crippen LogP contribution in [0.5, 0.6) is 0 Å². The molecule has 0 aromatic carbocycles. The second kappa shape index (κ2) is 55.4. The number of hydrogen-bond acceptors (Lipinski definition) is 6. The Morgan fingerprint density at radius 2 is 0.582 bits per heavy atom. The molecule has 0 fully saturated rings. The molecule has 67 heavy (non-hydrogen) atoms. The summed E-state index contributed by atoms with van der Waals surface area (Å²) in [6.45, 7) is 6.51. The van der Waals surface area contributed by atoms with Crippen LogP contribution >= 0.6 is 0 Å². The number of unbranched alkanes of at least 4 members (excludes halogenated alkanes) is 28. The summed E-state index contributed by atoms with van der Waals surface area (Å²) in [6, 6.07) is 0. The quantitative estimate of drug-likeness (QED) is 0.0262. The van der Waals surface area contributed by atoms with E-state index in [2.05, 4.69) is 93.7 Å². The number of ether oxygens (including phenoxy) is 3. The normalized spacial score (nSPS) is 12.6. The predicted octanol–water partition coefficient (Wildman–Crippen LogP) is 19.0. The number of hydrogen-bond donors (Lipinski definition) is 0. The van der Waals surface area contributed by atoms with E-state index in [9.17, 15) is 14.4 Å². The lowest BCUT2D eigenvalue weighted by Gasteiger charge is -2.18. The third-order valence-electron chi connectivity index (χ3n) is 12.2. The van der Waals surface area contributed by atoms with Gasteiger partial charge in [0.05, 0.1) is 0 Å². The third kappa shape index (κ3) is 53.7. The minimum absolute atomic E-state index is 0.0828. The van der Waals surface area contributed by atoms with Crippen molar-refractivity contribution in [3.05, 3.63) is 72.9 Å². The lowest BCUT2D eigenvalue weighted by molar-refractivity contribution is -0.167. The van der Waals surface area contributed by atoms with Crippen molar-refractivity contribution in [1.29, 1.82) is 0 Å². The molecule has 0 bridgehead atoms. The first-order valence-electron chi connectivity index (χ1n) is 28.4. The van der Waals surface area contributed by atoms with Crippen molar-refractivity contribution in [2.45, 2.75) is 284 Å². The van der Waals surface area contributed by atoms with Crippen LogP contribution in [0.1, 0.15) is 278 Å². The number of carbonyl (C=O) groups is 3. The molecule has 0 saturated carbocycles. The van der Waals surface area contributed by atoms with Crippen LogP contribution in [-0.4, -0.2) is 37.2 Å². The lowest BCUT2D eigenvalue weighted by atomic mass is 10.0. The summed E-state index contributed by atoms with van der Waals surface area (Å²) < 4.78 is 16.8. The standard InChI is InChI=1S/C61H106O6/c1-4-7-10-13-16-19-22-25-27-28-29-30-31-32-34-36-39-42-45-48-51-54-60(63)66-57-58(56-65-59(62)53-50-47-44-41-38-35-24-21-18-15-12-9-6-3)67-61(64)55-52-49-46-43-40-37-33-26-23-20-17-14-11-8-5-2/h7,10,16,19,25-27,29-30,32-34,58H,4-6,8-9,11-15,17-18,20-24,28,31,35-57H2,1-3H3/b10-7-,19-16-,27-25-,30-29-,33-26-,34-32-. The van der Waals surface area contributed by atoms with Crippen molar-refractivity contribution in [1.82, 2.24) is 0 Å². The van der Waals surface area contributed by atoms with E-state index in [1.165, 1.54) is 116 Å². The molecule has 1 atom stereocenters. The molecule has 6 heteroatoms. The van der Waals surface area contributed by atoms with Crippen LogP contribution in [0.15, 0.2) is 72.9 Å². The van der Waals surface area contributed by atoms with Crippen molar-refractivity contribution in [2.24, 2.45) is 0 Å². The molecule has 386 valence electrons. The number of carbonyl (C=O) groups excluding carboxylic acids is 3. The minimum Gasteiger partial charge on any atom is -0.462 e. The first-order valence-corrected chi connectivity index (χ1v) is 28.4. The number of rotatable bonds is 51. The van der Waals surface area contributed by atoms with Gasteiger partial charge in [-0.2, -0.15) is 0 Å². The molecular weight excluding hydrogens is 829 g/mol. The van der Waals surface area contributed by atoms with Crippen molar-refractivity contribution in [3.8, 4) is 0 Å². The first kappa shape index (κ1) is 63.8. The second-order valence-electron chi connectivity index (χ2n) is 18.8. The first-order chi connectivity index (χ1) is 33.0. The van der Waals surface area contributed by atoms with Crippen LogP contribution in [0.3, 0.4) is 0 Å². The van der Waals surface area contributed by atoms with E-state index >= 15 is 0 Å². The van der Waals surface area contributed by atoms with Gasteiger partial charge >= 0.3 is 17.9 Å². The van der Waals surface area contributed by atoms with Crippen molar-refractivity contribution in [2.75, 3.05) is 13.2 Å². The molecule has 0 spiro atoms. The van der Waals surface area contributed by atoms with E-state index in [-0.39, 0.29) is 31.1 Å². The second-order valence-corrected chi connectivity index (χ2v) is 18.8. The smallest absolute Gasteiger partial charge is 0.306 e. The molecular formula is C61H106O6. The number of esters is 3. The average Bonchev–Trinajstić information content (AvgIpc) is 3.33. The van der Waals surface area contributed by atoms with Gasteiger partial charge in [0.15, 0.2) is 6.10 Å². The van der Waals surface area contributed by atoms with Gasteiger partial charge in [0.2, 0.25) is 0 Å². The SMILES string of the molecule is CC/C=C\C/C=C\C/C=C\C/C=C\C/C=C\CCCCCCCC(=O)OCC(COC(=O)CCCCCCCCCCCCCCC)OC(=O)CCCCCCC/C=C\CCCCCCCC. The van der Waals surface area contributed by atoms with Crippen LogP contribution < -0.4 is 0 Å². The summed E-state index contributed by atoms with van der Waals surface area (Å²) in [5.41, 5.74) is 0. The molecule has 0 rings (SSSR count). The summed E-state index contributed by atoms with van der Waals surface area (Å²) in [4.78, 5) is 38.1. The van der Waals surface area contributed by atoms with Gasteiger partial charge in [-0.15, -0.1) is 0 Å². The minimum atomic E-state index is -0.786. The van der Waals surface area contributed by atoms with Gasteiger partial charge in [-0.25, -0.2) is 0 Å². The maximum atomic E-state index is 12.8. The molecule has 0 aromatic heterocycles. The molecule has 0 aromatic rings. The summed E-state index contributed by atoms with van der Waals surface area (Å²) in [5, 5.41) is 0. The highest BCUT2D eigenvalue weighted by Crippen LogP contribution is 2.15. The van der Waals surface area contributed by atoms with Gasteiger partial charge in [-0.1, -0.05) is 241 Å². The summed E-state index contributed by atoms with van der Waals surface area (Å²) >= 11 is 0. The maximum absolute atomic E-state index is 12.8. The molecule has 0 aliphatic heterocycles. The largest absolute Gasteiger partial charge is 0.462 e. The molecule has 6 nitrogen and oxygen atoms in total. The Morgan fingerprint density at radius 3 is 0.925 bits per heavy atom. The highest BCUT2D eigenvalue weighted by Gasteiger charge is 2.19. The Morgan fingerprint density at radius 1 is 0.313 bits per heavy atom. The fraction of sp³-hybridized carbons (Fsp3) is 0.754. The van der Waals surface area contributed by atoms with E-state index in [1.807, 2.05) is 0 Å². The van der Waals surface area contributed by atoms with Crippen LogP contribution in [-0.2, 0) is 28.6 Å². The van der Waals surface area contributed by atoms with E-state index in [0.717, 1.165) is 122 Å². The average molecular weight is 936 g/mol. The molecule has 0 aliphatic rings. The third-order valence-corrected chi connectivity index (χ3v) is 12.2. The Bertz CT molecular complexity index is 1260. The fourth-order valence-corrected chi connectivity index (χ4v) is 7.93. The summed E-state index contributed by atoms with van der Waals surface area (Å²) in [5.74, 6) is -0.903. The molecule has 0 aliphatic carbocycles. The zero-order chi connectivity index (χ0) is 48.6. The molecule has 0 radical (unpaired) electrons. The van der Waals surface area contributed by atoms with E-state index in [1.54, 1.807) is 0 Å². The van der Waals surface area contributed by atoms with E-state index in [4.69, 9.17) is 14.2 Å². The van der Waals surface area contributed by atoms with Crippen LogP contribution in [0.2, 0.25) is 0 Å². The van der Waals surface area contributed by atoms with Gasteiger partial charge in [-0.05, 0) is 89.9 Å². The Balaban J connectivity index is 4.40. The summed E-state index contributed by atoms with van der Waals surface area (Å²) in [7, 11) is 0. The monoisotopic (exact) mass is 935 g/mol. The van der Waals surface area contributed by atoms with Crippen molar-refractivity contribution in [3.63, 3.8) is 0 Å². The Kier molecular flexibility index (Phi) is 52.8. The predicted molar refractivity (Wildman–Crippen MR) is 288 cm³/mol. The van der Waals surface area contributed by atoms with Crippen LogP contribution in [0.25, 0.3) is 0 Å². The fourth-order valence-electron chi connectivity index (χ4n) is 7.93. The Labute approximate surface area is 414 Å². The Hall–Kier alpha value is -3.15. The van der Waals surface area contributed by atoms with Gasteiger partial charge in [0.25, 0.3) is 0 Å². The van der Waals surface area contributed by atoms with Gasteiger partial charge in [-0.3, -0.25) is 14.4 Å². The summed E-state index contributed by atoms with van der Waals surface area (Å²) in [6.07, 6.45) is 70.3. The van der Waals surface area contributed by atoms with Crippen LogP contribution in [0, 0.1) is 0 Å². The molecule has 0 heterocycles. The van der Waals surface area contributed by atoms with Gasteiger partial charge in [0, 0.05) is 19.3 Å². The lowest BCUT2D eigenvalue weighted by Crippen LogP contribution is -2.30. The number of allylic oxidation sites excluding steroid dienone is 12. The molecule has 1 unspecified atom stereocenters. The maximum Gasteiger partial charge on any atom is 0.306 e. The van der Waals surface area contributed by atoms with E-state index in [0.29, 0.717) is 19.3 Å². The molecule has 0 amide bonds. The highest BCUT2D eigenvalue weighted by atomic mass is 16.6. The zero-order valence-electron chi connectivity index (χ0n) is 44.2. The molecule has 0 N–H and O–H groups in total.